The van der Waals surface area contributed by atoms with Gasteiger partial charge >= 0.3 is 11.9 Å². The highest BCUT2D eigenvalue weighted by Gasteiger charge is 2.31. The second-order valence-corrected chi connectivity index (χ2v) is 6.57. The molecule has 2 aromatic carbocycles. The van der Waals surface area contributed by atoms with Gasteiger partial charge in [-0.05, 0) is 48.9 Å². The number of hydrogen-bond acceptors (Lipinski definition) is 6. The standard InChI is InChI=1S/C23H22N2O5/c1-15(2)14-30-18-12-10-16(11-13-18)20-19(22(26)28-3)21(23(27)29-4)25(24-20)17-8-6-5-7-9-17/h5-13H,1,14H2,2-4H3. The maximum absolute atomic E-state index is 12.6. The van der Waals surface area contributed by atoms with E-state index in [-0.39, 0.29) is 11.3 Å². The molecule has 0 aliphatic carbocycles. The zero-order chi connectivity index (χ0) is 21.7. The molecular weight excluding hydrogens is 384 g/mol. The molecule has 0 aliphatic heterocycles. The van der Waals surface area contributed by atoms with E-state index in [0.29, 0.717) is 29.3 Å². The maximum atomic E-state index is 12.6. The van der Waals surface area contributed by atoms with Crippen molar-refractivity contribution in [1.29, 1.82) is 0 Å². The van der Waals surface area contributed by atoms with Crippen LogP contribution in [0.3, 0.4) is 0 Å². The Balaban J connectivity index is 2.16. The van der Waals surface area contributed by atoms with Gasteiger partial charge < -0.3 is 14.2 Å². The van der Waals surface area contributed by atoms with Gasteiger partial charge in [0.05, 0.1) is 19.9 Å². The topological polar surface area (TPSA) is 79.7 Å². The van der Waals surface area contributed by atoms with Crippen molar-refractivity contribution >= 4 is 11.9 Å². The summed E-state index contributed by atoms with van der Waals surface area (Å²) in [6.07, 6.45) is 0. The zero-order valence-electron chi connectivity index (χ0n) is 17.0. The number of hydrogen-bond donors (Lipinski definition) is 0. The molecule has 30 heavy (non-hydrogen) atoms. The summed E-state index contributed by atoms with van der Waals surface area (Å²) in [5, 5.41) is 4.55. The molecule has 1 heterocycles. The van der Waals surface area contributed by atoms with E-state index in [1.807, 2.05) is 25.1 Å². The molecule has 0 unspecified atom stereocenters. The lowest BCUT2D eigenvalue weighted by atomic mass is 10.1. The van der Waals surface area contributed by atoms with E-state index >= 15 is 0 Å². The number of nitrogens with zero attached hydrogens (tertiary/aromatic N) is 2. The Bertz CT molecular complexity index is 1070. The van der Waals surface area contributed by atoms with Crippen molar-refractivity contribution < 1.29 is 23.8 Å². The van der Waals surface area contributed by atoms with Gasteiger partial charge in [-0.2, -0.15) is 5.10 Å². The maximum Gasteiger partial charge on any atom is 0.357 e. The number of carbonyl (C=O) groups excluding carboxylic acids is 2. The first kappa shape index (κ1) is 20.9. The summed E-state index contributed by atoms with van der Waals surface area (Å²) < 4.78 is 16.9. The first-order valence-corrected chi connectivity index (χ1v) is 9.19. The summed E-state index contributed by atoms with van der Waals surface area (Å²) in [4.78, 5) is 25.2. The van der Waals surface area contributed by atoms with Gasteiger partial charge in [0.25, 0.3) is 0 Å². The number of esters is 2. The molecule has 154 valence electrons. The molecule has 1 aromatic heterocycles. The van der Waals surface area contributed by atoms with Gasteiger partial charge in [-0.25, -0.2) is 14.3 Å². The van der Waals surface area contributed by atoms with Crippen molar-refractivity contribution in [2.75, 3.05) is 20.8 Å². The summed E-state index contributed by atoms with van der Waals surface area (Å²) >= 11 is 0. The van der Waals surface area contributed by atoms with Gasteiger partial charge in [-0.15, -0.1) is 0 Å². The van der Waals surface area contributed by atoms with Crippen LogP contribution < -0.4 is 4.74 Å². The minimum Gasteiger partial charge on any atom is -0.489 e. The zero-order valence-corrected chi connectivity index (χ0v) is 17.0. The molecule has 0 fully saturated rings. The van der Waals surface area contributed by atoms with Crippen molar-refractivity contribution in [3.63, 3.8) is 0 Å². The van der Waals surface area contributed by atoms with E-state index in [0.717, 1.165) is 5.57 Å². The number of rotatable bonds is 7. The summed E-state index contributed by atoms with van der Waals surface area (Å²) in [7, 11) is 2.50. The van der Waals surface area contributed by atoms with Gasteiger partial charge in [-0.3, -0.25) is 0 Å². The number of para-hydroxylation sites is 1. The molecule has 0 saturated carbocycles. The predicted molar refractivity (Wildman–Crippen MR) is 112 cm³/mol. The Morgan fingerprint density at radius 2 is 1.60 bits per heavy atom. The van der Waals surface area contributed by atoms with Gasteiger partial charge in [0, 0.05) is 5.56 Å². The summed E-state index contributed by atoms with van der Waals surface area (Å²) in [6, 6.07) is 16.1. The minimum absolute atomic E-state index is 0.00633. The molecule has 0 aliphatic rings. The van der Waals surface area contributed by atoms with E-state index in [4.69, 9.17) is 14.2 Å². The number of methoxy groups -OCH3 is 2. The normalized spacial score (nSPS) is 10.4. The van der Waals surface area contributed by atoms with Gasteiger partial charge in [0.15, 0.2) is 5.69 Å². The highest BCUT2D eigenvalue weighted by molar-refractivity contribution is 6.06. The Hall–Kier alpha value is -3.87. The molecule has 0 radical (unpaired) electrons. The van der Waals surface area contributed by atoms with E-state index in [2.05, 4.69) is 11.7 Å². The molecule has 0 N–H and O–H groups in total. The molecule has 0 saturated heterocycles. The Labute approximate surface area is 174 Å². The highest BCUT2D eigenvalue weighted by atomic mass is 16.5. The van der Waals surface area contributed by atoms with Crippen LogP contribution in [0.4, 0.5) is 0 Å². The molecule has 3 rings (SSSR count). The van der Waals surface area contributed by atoms with Crippen LogP contribution in [0.2, 0.25) is 0 Å². The Kier molecular flexibility index (Phi) is 6.32. The van der Waals surface area contributed by atoms with Crippen LogP contribution >= 0.6 is 0 Å². The van der Waals surface area contributed by atoms with Crippen LogP contribution in [0, 0.1) is 0 Å². The van der Waals surface area contributed by atoms with Crippen LogP contribution in [-0.2, 0) is 9.47 Å². The average molecular weight is 406 g/mol. The second kappa shape index (κ2) is 9.09. The SMILES string of the molecule is C=C(C)COc1ccc(-c2nn(-c3ccccc3)c(C(=O)OC)c2C(=O)OC)cc1. The minimum atomic E-state index is -0.695. The lowest BCUT2D eigenvalue weighted by Gasteiger charge is -2.07. The molecule has 0 atom stereocenters. The Morgan fingerprint density at radius 3 is 2.17 bits per heavy atom. The molecule has 3 aromatic rings. The van der Waals surface area contributed by atoms with E-state index in [9.17, 15) is 9.59 Å². The first-order chi connectivity index (χ1) is 14.5. The second-order valence-electron chi connectivity index (χ2n) is 6.57. The molecule has 0 bridgehead atoms. The first-order valence-electron chi connectivity index (χ1n) is 9.19. The van der Waals surface area contributed by atoms with Crippen molar-refractivity contribution in [2.24, 2.45) is 0 Å². The third-order valence-electron chi connectivity index (χ3n) is 4.27. The van der Waals surface area contributed by atoms with Crippen LogP contribution in [0.15, 0.2) is 66.7 Å². The van der Waals surface area contributed by atoms with Crippen LogP contribution in [-0.4, -0.2) is 42.5 Å². The number of ether oxygens (including phenoxy) is 3. The lowest BCUT2D eigenvalue weighted by Crippen LogP contribution is -2.15. The number of benzene rings is 2. The van der Waals surface area contributed by atoms with Gasteiger partial charge in [-0.1, -0.05) is 24.8 Å². The smallest absolute Gasteiger partial charge is 0.357 e. The van der Waals surface area contributed by atoms with Crippen LogP contribution in [0.5, 0.6) is 5.75 Å². The lowest BCUT2D eigenvalue weighted by molar-refractivity contribution is 0.0549. The molecule has 0 amide bonds. The number of carbonyl (C=O) groups is 2. The third kappa shape index (κ3) is 4.25. The fourth-order valence-electron chi connectivity index (χ4n) is 2.87. The largest absolute Gasteiger partial charge is 0.489 e. The van der Waals surface area contributed by atoms with E-state index < -0.39 is 11.9 Å². The van der Waals surface area contributed by atoms with Crippen molar-refractivity contribution in [3.05, 3.63) is 78.0 Å². The quantitative estimate of drug-likeness (QED) is 0.435. The Morgan fingerprint density at radius 1 is 0.967 bits per heavy atom. The average Bonchev–Trinajstić information content (AvgIpc) is 3.18. The molecule has 0 spiro atoms. The van der Waals surface area contributed by atoms with Crippen molar-refractivity contribution in [3.8, 4) is 22.7 Å². The van der Waals surface area contributed by atoms with Gasteiger partial charge in [0.1, 0.15) is 23.6 Å². The fraction of sp³-hybridized carbons (Fsp3) is 0.174. The van der Waals surface area contributed by atoms with Crippen molar-refractivity contribution in [1.82, 2.24) is 9.78 Å². The van der Waals surface area contributed by atoms with Crippen molar-refractivity contribution in [2.45, 2.75) is 6.92 Å². The summed E-state index contributed by atoms with van der Waals surface area (Å²) in [6.45, 7) is 6.09. The van der Waals surface area contributed by atoms with Crippen LogP contribution in [0.25, 0.3) is 16.9 Å². The summed E-state index contributed by atoms with van der Waals surface area (Å²) in [5.41, 5.74) is 2.46. The fourth-order valence-corrected chi connectivity index (χ4v) is 2.87. The number of aromatic nitrogens is 2. The monoisotopic (exact) mass is 406 g/mol. The highest BCUT2D eigenvalue weighted by Crippen LogP contribution is 2.30. The predicted octanol–water partition coefficient (Wildman–Crippen LogP) is 4.07. The summed E-state index contributed by atoms with van der Waals surface area (Å²) in [5.74, 6) is -0.730. The molecular formula is C23H22N2O5. The molecule has 7 nitrogen and oxygen atoms in total. The molecule has 7 heteroatoms. The van der Waals surface area contributed by atoms with Gasteiger partial charge in [0.2, 0.25) is 0 Å². The van der Waals surface area contributed by atoms with E-state index in [1.165, 1.54) is 18.9 Å². The van der Waals surface area contributed by atoms with Crippen LogP contribution in [0.1, 0.15) is 27.8 Å². The third-order valence-corrected chi connectivity index (χ3v) is 4.27. The van der Waals surface area contributed by atoms with E-state index in [1.54, 1.807) is 36.4 Å².